The standard InChI is InChI=1S/C16H15BrN2O/c17-12-6-2-7-13(10-12)19-9-3-5-11-4-1-8-14(18)15(11)16(19)20/h1-2,4,6-8,10H,3,5,9,18H2. The number of rotatable bonds is 1. The van der Waals surface area contributed by atoms with Gasteiger partial charge in [0.05, 0.1) is 5.56 Å². The number of anilines is 2. The van der Waals surface area contributed by atoms with E-state index in [1.807, 2.05) is 41.3 Å². The summed E-state index contributed by atoms with van der Waals surface area (Å²) in [6.07, 6.45) is 1.82. The molecule has 3 nitrogen and oxygen atoms in total. The van der Waals surface area contributed by atoms with Gasteiger partial charge in [0.1, 0.15) is 0 Å². The minimum absolute atomic E-state index is 0.00583. The molecule has 3 rings (SSSR count). The van der Waals surface area contributed by atoms with Gasteiger partial charge in [-0.1, -0.05) is 34.1 Å². The first-order valence-electron chi connectivity index (χ1n) is 6.61. The predicted octanol–water partition coefficient (Wildman–Crippen LogP) is 3.62. The molecule has 0 saturated heterocycles. The Bertz CT molecular complexity index is 669. The predicted molar refractivity (Wildman–Crippen MR) is 85.0 cm³/mol. The normalized spacial score (nSPS) is 14.8. The summed E-state index contributed by atoms with van der Waals surface area (Å²) < 4.78 is 0.966. The lowest BCUT2D eigenvalue weighted by atomic mass is 10.0. The third kappa shape index (κ3) is 2.31. The number of carbonyl (C=O) groups excluding carboxylic acids is 1. The van der Waals surface area contributed by atoms with Crippen LogP contribution >= 0.6 is 15.9 Å². The highest BCUT2D eigenvalue weighted by Crippen LogP contribution is 2.28. The van der Waals surface area contributed by atoms with Gasteiger partial charge >= 0.3 is 0 Å². The molecule has 20 heavy (non-hydrogen) atoms. The number of hydrogen-bond donors (Lipinski definition) is 1. The quantitative estimate of drug-likeness (QED) is 0.811. The van der Waals surface area contributed by atoms with Crippen LogP contribution in [0.5, 0.6) is 0 Å². The molecule has 2 aromatic rings. The van der Waals surface area contributed by atoms with Crippen LogP contribution in [0, 0.1) is 0 Å². The summed E-state index contributed by atoms with van der Waals surface area (Å²) in [7, 11) is 0. The van der Waals surface area contributed by atoms with Crippen molar-refractivity contribution in [2.45, 2.75) is 12.8 Å². The molecule has 0 bridgehead atoms. The Morgan fingerprint density at radius 1 is 1.15 bits per heavy atom. The first-order valence-corrected chi connectivity index (χ1v) is 7.41. The maximum absolute atomic E-state index is 12.8. The second kappa shape index (κ2) is 5.29. The Labute approximate surface area is 126 Å². The zero-order chi connectivity index (χ0) is 14.1. The fourth-order valence-corrected chi connectivity index (χ4v) is 3.03. The average molecular weight is 331 g/mol. The Balaban J connectivity index is 2.07. The number of benzene rings is 2. The minimum Gasteiger partial charge on any atom is -0.398 e. The second-order valence-corrected chi connectivity index (χ2v) is 5.84. The number of halogens is 1. The van der Waals surface area contributed by atoms with Crippen LogP contribution in [0.15, 0.2) is 46.9 Å². The highest BCUT2D eigenvalue weighted by Gasteiger charge is 2.25. The monoisotopic (exact) mass is 330 g/mol. The van der Waals surface area contributed by atoms with Crippen LogP contribution in [0.2, 0.25) is 0 Å². The van der Waals surface area contributed by atoms with Crippen LogP contribution < -0.4 is 10.6 Å². The first kappa shape index (κ1) is 13.2. The van der Waals surface area contributed by atoms with Crippen LogP contribution in [0.4, 0.5) is 11.4 Å². The molecule has 1 aliphatic rings. The SMILES string of the molecule is Nc1cccc2c1C(=O)N(c1cccc(Br)c1)CCC2. The molecule has 2 aromatic carbocycles. The fourth-order valence-electron chi connectivity index (χ4n) is 2.64. The van der Waals surface area contributed by atoms with Crippen LogP contribution in [-0.4, -0.2) is 12.5 Å². The number of hydrogen-bond acceptors (Lipinski definition) is 2. The van der Waals surface area contributed by atoms with Gasteiger partial charge in [0.25, 0.3) is 5.91 Å². The van der Waals surface area contributed by atoms with Gasteiger partial charge in [-0.05, 0) is 42.7 Å². The molecule has 102 valence electrons. The molecule has 0 aliphatic carbocycles. The summed E-state index contributed by atoms with van der Waals surface area (Å²) in [5.41, 5.74) is 9.19. The van der Waals surface area contributed by atoms with E-state index in [1.165, 1.54) is 0 Å². The summed E-state index contributed by atoms with van der Waals surface area (Å²) in [6, 6.07) is 13.5. The largest absolute Gasteiger partial charge is 0.398 e. The third-order valence-corrected chi connectivity index (χ3v) is 4.08. The molecule has 0 radical (unpaired) electrons. The maximum atomic E-state index is 12.8. The van der Waals surface area contributed by atoms with Gasteiger partial charge in [0, 0.05) is 22.4 Å². The van der Waals surface area contributed by atoms with Gasteiger partial charge in [0.15, 0.2) is 0 Å². The van der Waals surface area contributed by atoms with Gasteiger partial charge < -0.3 is 10.6 Å². The summed E-state index contributed by atoms with van der Waals surface area (Å²) in [5, 5.41) is 0. The number of carbonyl (C=O) groups is 1. The van der Waals surface area contributed by atoms with Gasteiger partial charge in [-0.15, -0.1) is 0 Å². The van der Waals surface area contributed by atoms with E-state index in [9.17, 15) is 4.79 Å². The van der Waals surface area contributed by atoms with E-state index >= 15 is 0 Å². The second-order valence-electron chi connectivity index (χ2n) is 4.92. The molecule has 0 fully saturated rings. The van der Waals surface area contributed by atoms with Gasteiger partial charge in [-0.3, -0.25) is 4.79 Å². The van der Waals surface area contributed by atoms with E-state index in [0.717, 1.165) is 28.6 Å². The number of aryl methyl sites for hydroxylation is 1. The molecule has 0 saturated carbocycles. The van der Waals surface area contributed by atoms with Crippen molar-refractivity contribution < 1.29 is 4.79 Å². The average Bonchev–Trinajstić information content (AvgIpc) is 2.59. The zero-order valence-corrected chi connectivity index (χ0v) is 12.6. The number of fused-ring (bicyclic) bond motifs is 1. The molecule has 2 N–H and O–H groups in total. The van der Waals surface area contributed by atoms with Crippen molar-refractivity contribution >= 4 is 33.2 Å². The summed E-state index contributed by atoms with van der Waals surface area (Å²) in [4.78, 5) is 14.6. The summed E-state index contributed by atoms with van der Waals surface area (Å²) in [5.74, 6) is -0.00583. The van der Waals surface area contributed by atoms with Crippen molar-refractivity contribution in [2.24, 2.45) is 0 Å². The van der Waals surface area contributed by atoms with E-state index in [-0.39, 0.29) is 5.91 Å². The van der Waals surface area contributed by atoms with E-state index < -0.39 is 0 Å². The Morgan fingerprint density at radius 2 is 1.95 bits per heavy atom. The minimum atomic E-state index is -0.00583. The smallest absolute Gasteiger partial charge is 0.260 e. The Hall–Kier alpha value is -1.81. The van der Waals surface area contributed by atoms with Crippen LogP contribution in [-0.2, 0) is 6.42 Å². The maximum Gasteiger partial charge on any atom is 0.260 e. The van der Waals surface area contributed by atoms with Crippen LogP contribution in [0.1, 0.15) is 22.3 Å². The first-order chi connectivity index (χ1) is 9.66. The molecule has 4 heteroatoms. The van der Waals surface area contributed by atoms with E-state index in [4.69, 9.17) is 5.73 Å². The van der Waals surface area contributed by atoms with Gasteiger partial charge in [-0.2, -0.15) is 0 Å². The highest BCUT2D eigenvalue weighted by molar-refractivity contribution is 9.10. The van der Waals surface area contributed by atoms with Crippen molar-refractivity contribution in [2.75, 3.05) is 17.2 Å². The van der Waals surface area contributed by atoms with Crippen molar-refractivity contribution in [3.8, 4) is 0 Å². The summed E-state index contributed by atoms with van der Waals surface area (Å²) in [6.45, 7) is 0.712. The molecule has 1 amide bonds. The van der Waals surface area contributed by atoms with Crippen molar-refractivity contribution in [3.63, 3.8) is 0 Å². The Kier molecular flexibility index (Phi) is 3.49. The molecular formula is C16H15BrN2O. The Morgan fingerprint density at radius 3 is 2.75 bits per heavy atom. The zero-order valence-electron chi connectivity index (χ0n) is 11.0. The molecule has 0 aromatic heterocycles. The number of amides is 1. The molecule has 0 spiro atoms. The lowest BCUT2D eigenvalue weighted by molar-refractivity contribution is 0.0989. The van der Waals surface area contributed by atoms with Gasteiger partial charge in [-0.25, -0.2) is 0 Å². The van der Waals surface area contributed by atoms with E-state index in [0.29, 0.717) is 17.8 Å². The molecule has 0 atom stereocenters. The van der Waals surface area contributed by atoms with Crippen molar-refractivity contribution in [1.82, 2.24) is 0 Å². The van der Waals surface area contributed by atoms with E-state index in [2.05, 4.69) is 15.9 Å². The van der Waals surface area contributed by atoms with Crippen molar-refractivity contribution in [3.05, 3.63) is 58.1 Å². The fraction of sp³-hybridized carbons (Fsp3) is 0.188. The highest BCUT2D eigenvalue weighted by atomic mass is 79.9. The van der Waals surface area contributed by atoms with Gasteiger partial charge in [0.2, 0.25) is 0 Å². The third-order valence-electron chi connectivity index (χ3n) is 3.59. The molecule has 0 unspecified atom stereocenters. The lowest BCUT2D eigenvalue weighted by Gasteiger charge is -2.22. The summed E-state index contributed by atoms with van der Waals surface area (Å²) >= 11 is 3.45. The van der Waals surface area contributed by atoms with Crippen LogP contribution in [0.25, 0.3) is 0 Å². The number of nitrogens with zero attached hydrogens (tertiary/aromatic N) is 1. The number of nitrogens with two attached hydrogens (primary N) is 1. The van der Waals surface area contributed by atoms with E-state index in [1.54, 1.807) is 6.07 Å². The van der Waals surface area contributed by atoms with Crippen LogP contribution in [0.3, 0.4) is 0 Å². The lowest BCUT2D eigenvalue weighted by Crippen LogP contribution is -2.31. The molecule has 1 aliphatic heterocycles. The topological polar surface area (TPSA) is 46.3 Å². The molecule has 1 heterocycles. The number of nitrogen functional groups attached to an aromatic ring is 1. The molecular weight excluding hydrogens is 316 g/mol. The van der Waals surface area contributed by atoms with Crippen molar-refractivity contribution in [1.29, 1.82) is 0 Å².